The van der Waals surface area contributed by atoms with Gasteiger partial charge in [-0.25, -0.2) is 4.98 Å². The van der Waals surface area contributed by atoms with Gasteiger partial charge in [-0.1, -0.05) is 35.9 Å². The molecule has 0 spiro atoms. The third-order valence-corrected chi connectivity index (χ3v) is 2.58. The summed E-state index contributed by atoms with van der Waals surface area (Å²) in [5.41, 5.74) is 2.40. The lowest BCUT2D eigenvalue weighted by Gasteiger charge is -2.07. The van der Waals surface area contributed by atoms with E-state index in [1.54, 1.807) is 12.3 Å². The average Bonchev–Trinajstić information content (AvgIpc) is 2.30. The number of nitrogens with zero attached hydrogens (tertiary/aromatic N) is 1. The van der Waals surface area contributed by atoms with Crippen molar-refractivity contribution in [1.29, 1.82) is 0 Å². The minimum atomic E-state index is 0.475. The third-order valence-electron chi connectivity index (χ3n) is 2.36. The van der Waals surface area contributed by atoms with E-state index in [0.29, 0.717) is 11.8 Å². The average molecular weight is 234 g/mol. The second-order valence-electron chi connectivity index (χ2n) is 3.53. The van der Waals surface area contributed by atoms with Crippen LogP contribution in [0.15, 0.2) is 42.6 Å². The van der Waals surface area contributed by atoms with Crippen LogP contribution in [-0.2, 0) is 6.61 Å². The minimum absolute atomic E-state index is 0.475. The van der Waals surface area contributed by atoms with Crippen LogP contribution in [0.1, 0.15) is 11.1 Å². The highest BCUT2D eigenvalue weighted by atomic mass is 35.5. The van der Waals surface area contributed by atoms with Gasteiger partial charge in [0.1, 0.15) is 17.5 Å². The smallest absolute Gasteiger partial charge is 0.138 e. The summed E-state index contributed by atoms with van der Waals surface area (Å²) < 4.78 is 5.61. The Morgan fingerprint density at radius 2 is 2.00 bits per heavy atom. The predicted molar refractivity (Wildman–Crippen MR) is 64.8 cm³/mol. The molecule has 0 bridgehead atoms. The first-order valence-electron chi connectivity index (χ1n) is 5.04. The molecule has 0 atom stereocenters. The Morgan fingerprint density at radius 1 is 1.19 bits per heavy atom. The maximum atomic E-state index is 5.69. The summed E-state index contributed by atoms with van der Waals surface area (Å²) in [4.78, 5) is 3.95. The molecule has 16 heavy (non-hydrogen) atoms. The maximum absolute atomic E-state index is 5.69. The van der Waals surface area contributed by atoms with Crippen LogP contribution in [-0.4, -0.2) is 4.98 Å². The molecule has 2 rings (SSSR count). The molecule has 2 nitrogen and oxygen atoms in total. The molecular formula is C13H12ClNO. The lowest BCUT2D eigenvalue weighted by molar-refractivity contribution is 0.304. The van der Waals surface area contributed by atoms with Gasteiger partial charge in [-0.3, -0.25) is 0 Å². The van der Waals surface area contributed by atoms with Crippen LogP contribution in [0, 0.1) is 6.92 Å². The van der Waals surface area contributed by atoms with Crippen LogP contribution < -0.4 is 4.74 Å². The highest BCUT2D eigenvalue weighted by Gasteiger charge is 1.99. The predicted octanol–water partition coefficient (Wildman–Crippen LogP) is 3.62. The van der Waals surface area contributed by atoms with Gasteiger partial charge in [0.15, 0.2) is 0 Å². The van der Waals surface area contributed by atoms with Crippen molar-refractivity contribution >= 4 is 11.6 Å². The summed E-state index contributed by atoms with van der Waals surface area (Å²) in [6, 6.07) is 11.7. The molecule has 1 aromatic carbocycles. The van der Waals surface area contributed by atoms with Crippen molar-refractivity contribution in [3.63, 3.8) is 0 Å². The largest absolute Gasteiger partial charge is 0.487 e. The number of aromatic nitrogens is 1. The number of pyridine rings is 1. The molecule has 82 valence electrons. The molecule has 2 aromatic rings. The first kappa shape index (κ1) is 11.0. The molecule has 0 unspecified atom stereocenters. The van der Waals surface area contributed by atoms with Crippen molar-refractivity contribution < 1.29 is 4.74 Å². The van der Waals surface area contributed by atoms with Crippen LogP contribution in [0.5, 0.6) is 5.75 Å². The zero-order chi connectivity index (χ0) is 11.4. The molecule has 0 saturated heterocycles. The first-order chi connectivity index (χ1) is 7.75. The topological polar surface area (TPSA) is 22.1 Å². The Hall–Kier alpha value is -1.54. The molecule has 1 aromatic heterocycles. The number of halogens is 1. The van der Waals surface area contributed by atoms with Gasteiger partial charge in [0, 0.05) is 0 Å². The molecule has 3 heteroatoms. The molecule has 0 N–H and O–H groups in total. The highest BCUT2D eigenvalue weighted by molar-refractivity contribution is 6.29. The summed E-state index contributed by atoms with van der Waals surface area (Å²) in [5.74, 6) is 0.729. The van der Waals surface area contributed by atoms with Crippen LogP contribution in [0.3, 0.4) is 0 Å². The molecular weight excluding hydrogens is 222 g/mol. The Balaban J connectivity index is 2.02. The van der Waals surface area contributed by atoms with E-state index < -0.39 is 0 Å². The number of ether oxygens (including phenoxy) is 1. The fourth-order valence-electron chi connectivity index (χ4n) is 1.38. The van der Waals surface area contributed by atoms with E-state index in [2.05, 4.69) is 24.0 Å². The number of benzene rings is 1. The second-order valence-corrected chi connectivity index (χ2v) is 3.92. The van der Waals surface area contributed by atoms with Crippen molar-refractivity contribution in [2.45, 2.75) is 13.5 Å². The van der Waals surface area contributed by atoms with Gasteiger partial charge in [-0.15, -0.1) is 0 Å². The molecule has 0 radical (unpaired) electrons. The summed E-state index contributed by atoms with van der Waals surface area (Å²) in [7, 11) is 0. The molecule has 0 amide bonds. The molecule has 0 fully saturated rings. The van der Waals surface area contributed by atoms with Crippen LogP contribution in [0.4, 0.5) is 0 Å². The van der Waals surface area contributed by atoms with Gasteiger partial charge in [-0.05, 0) is 30.2 Å². The zero-order valence-corrected chi connectivity index (χ0v) is 9.74. The highest BCUT2D eigenvalue weighted by Crippen LogP contribution is 2.15. The number of hydrogen-bond acceptors (Lipinski definition) is 2. The molecule has 0 aliphatic rings. The maximum Gasteiger partial charge on any atom is 0.138 e. The summed E-state index contributed by atoms with van der Waals surface area (Å²) in [5, 5.41) is 0.475. The quantitative estimate of drug-likeness (QED) is 0.756. The molecule has 0 aliphatic heterocycles. The zero-order valence-electron chi connectivity index (χ0n) is 8.98. The van der Waals surface area contributed by atoms with Crippen molar-refractivity contribution in [2.24, 2.45) is 0 Å². The van der Waals surface area contributed by atoms with Gasteiger partial charge in [0.05, 0.1) is 6.20 Å². The Morgan fingerprint density at radius 3 is 2.69 bits per heavy atom. The molecule has 0 aliphatic carbocycles. The number of hydrogen-bond donors (Lipinski definition) is 0. The lowest BCUT2D eigenvalue weighted by atomic mass is 10.1. The Labute approximate surface area is 99.9 Å². The normalized spacial score (nSPS) is 10.1. The van der Waals surface area contributed by atoms with E-state index >= 15 is 0 Å². The van der Waals surface area contributed by atoms with E-state index in [-0.39, 0.29) is 0 Å². The Bertz CT molecular complexity index is 468. The fourth-order valence-corrected chi connectivity index (χ4v) is 1.49. The summed E-state index contributed by atoms with van der Waals surface area (Å²) in [6.45, 7) is 2.62. The van der Waals surface area contributed by atoms with E-state index in [9.17, 15) is 0 Å². The first-order valence-corrected chi connectivity index (χ1v) is 5.42. The van der Waals surface area contributed by atoms with E-state index in [1.165, 1.54) is 11.1 Å². The van der Waals surface area contributed by atoms with Crippen LogP contribution in [0.25, 0.3) is 0 Å². The van der Waals surface area contributed by atoms with Crippen LogP contribution in [0.2, 0.25) is 5.15 Å². The minimum Gasteiger partial charge on any atom is -0.487 e. The van der Waals surface area contributed by atoms with Crippen LogP contribution >= 0.6 is 11.6 Å². The molecule has 0 saturated carbocycles. The SMILES string of the molecule is Cc1ccccc1COc1ccc(Cl)nc1. The van der Waals surface area contributed by atoms with Gasteiger partial charge in [0.25, 0.3) is 0 Å². The standard InChI is InChI=1S/C13H12ClNO/c1-10-4-2-3-5-11(10)9-16-12-6-7-13(14)15-8-12/h2-8H,9H2,1H3. The summed E-state index contributed by atoms with van der Waals surface area (Å²) >= 11 is 5.69. The van der Waals surface area contributed by atoms with Crippen molar-refractivity contribution in [1.82, 2.24) is 4.98 Å². The lowest BCUT2D eigenvalue weighted by Crippen LogP contribution is -1.97. The van der Waals surface area contributed by atoms with E-state index in [4.69, 9.17) is 16.3 Å². The second kappa shape index (κ2) is 4.99. The van der Waals surface area contributed by atoms with Gasteiger partial charge >= 0.3 is 0 Å². The number of rotatable bonds is 3. The summed E-state index contributed by atoms with van der Waals surface area (Å²) in [6.07, 6.45) is 1.63. The van der Waals surface area contributed by atoms with Gasteiger partial charge in [0.2, 0.25) is 0 Å². The third kappa shape index (κ3) is 2.74. The van der Waals surface area contributed by atoms with Gasteiger partial charge < -0.3 is 4.74 Å². The van der Waals surface area contributed by atoms with Crippen molar-refractivity contribution in [3.8, 4) is 5.75 Å². The van der Waals surface area contributed by atoms with Crippen molar-refractivity contribution in [2.75, 3.05) is 0 Å². The molecule has 1 heterocycles. The monoisotopic (exact) mass is 233 g/mol. The van der Waals surface area contributed by atoms with Gasteiger partial charge in [-0.2, -0.15) is 0 Å². The van der Waals surface area contributed by atoms with Crippen molar-refractivity contribution in [3.05, 3.63) is 58.9 Å². The Kier molecular flexibility index (Phi) is 3.42. The van der Waals surface area contributed by atoms with E-state index in [0.717, 1.165) is 5.75 Å². The number of aryl methyl sites for hydroxylation is 1. The fraction of sp³-hybridized carbons (Fsp3) is 0.154. The van der Waals surface area contributed by atoms with E-state index in [1.807, 2.05) is 18.2 Å².